The quantitative estimate of drug-likeness (QED) is 0.0149. The summed E-state index contributed by atoms with van der Waals surface area (Å²) in [7, 11) is 0. The number of hydrogen-bond acceptors (Lipinski definition) is 10. The molecule has 6 N–H and O–H groups in total. The van der Waals surface area contributed by atoms with Crippen molar-refractivity contribution in [1.29, 1.82) is 0 Å². The van der Waals surface area contributed by atoms with Crippen LogP contribution in [0.3, 0.4) is 0 Å². The Bertz CT molecular complexity index is 1940. The monoisotopic (exact) mass is 1140 g/mol. The fraction of sp³-hybridized carbons (Fsp3) is 0.606. The molecule has 0 radical (unpaired) electrons. The summed E-state index contributed by atoms with van der Waals surface area (Å²) in [4.78, 5) is 26.6. The number of carbonyl (C=O) groups is 2. The van der Waals surface area contributed by atoms with Crippen molar-refractivity contribution < 1.29 is 49.3 Å². The van der Waals surface area contributed by atoms with Gasteiger partial charge in [-0.25, -0.2) is 0 Å². The fourth-order valence-corrected chi connectivity index (χ4v) is 8.86. The van der Waals surface area contributed by atoms with Gasteiger partial charge in [-0.2, -0.15) is 0 Å². The van der Waals surface area contributed by atoms with Crippen LogP contribution in [-0.4, -0.2) is 99.6 Å². The van der Waals surface area contributed by atoms with Gasteiger partial charge < -0.3 is 45.1 Å². The summed E-state index contributed by atoms with van der Waals surface area (Å²) in [6.07, 6.45) is 72.7. The molecule has 1 rings (SSSR count). The SMILES string of the molecule is CC\C=C/C=C/C=C/C=C\C=C\C=C\CCCCCC(=O)OC1C(OCC(NC(=O)C(O)CCCCCCC/C=C\C/C=C\C/C=C\C/C=C\C/C=C\C/C=C\CC)C(O)/C=C/CCCCCCCCCCCC)OC(CO)C(O)C1O. The topological polar surface area (TPSA) is 175 Å². The van der Waals surface area contributed by atoms with Gasteiger partial charge >= 0.3 is 5.97 Å². The van der Waals surface area contributed by atoms with E-state index in [2.05, 4.69) is 111 Å². The first-order chi connectivity index (χ1) is 40.2. The third kappa shape index (κ3) is 43.9. The van der Waals surface area contributed by atoms with E-state index < -0.39 is 67.4 Å². The van der Waals surface area contributed by atoms with Crippen LogP contribution in [0.2, 0.25) is 0 Å². The van der Waals surface area contributed by atoms with Gasteiger partial charge in [0.1, 0.15) is 24.4 Å². The van der Waals surface area contributed by atoms with Crippen LogP contribution < -0.4 is 5.32 Å². The summed E-state index contributed by atoms with van der Waals surface area (Å²) in [6, 6.07) is -1.06. The molecule has 0 aromatic rings. The second-order valence-corrected chi connectivity index (χ2v) is 21.2. The number of unbranched alkanes of at least 4 members (excludes halogenated alkanes) is 18. The number of aliphatic hydroxyl groups excluding tert-OH is 5. The Morgan fingerprint density at radius 1 is 0.500 bits per heavy atom. The van der Waals surface area contributed by atoms with E-state index in [0.717, 1.165) is 122 Å². The van der Waals surface area contributed by atoms with E-state index >= 15 is 0 Å². The van der Waals surface area contributed by atoms with E-state index in [-0.39, 0.29) is 19.4 Å². The average Bonchev–Trinajstić information content (AvgIpc) is 3.60. The molecule has 1 fully saturated rings. The van der Waals surface area contributed by atoms with E-state index in [1.54, 1.807) is 6.08 Å². The van der Waals surface area contributed by atoms with Gasteiger partial charge in [0.25, 0.3) is 0 Å². The van der Waals surface area contributed by atoms with Crippen molar-refractivity contribution >= 4 is 11.9 Å². The molecule has 0 aromatic carbocycles. The molecule has 1 aliphatic heterocycles. The average molecular weight is 1140 g/mol. The molecular weight excluding hydrogens is 1030 g/mol. The molecule has 8 atom stereocenters. The molecule has 1 amide bonds. The molecule has 0 aliphatic carbocycles. The number of ether oxygens (including phenoxy) is 3. The molecule has 0 spiro atoms. The third-order valence-electron chi connectivity index (χ3n) is 13.8. The summed E-state index contributed by atoms with van der Waals surface area (Å²) in [6.45, 7) is 5.47. The van der Waals surface area contributed by atoms with Crippen molar-refractivity contribution in [3.05, 3.63) is 158 Å². The van der Waals surface area contributed by atoms with Crippen molar-refractivity contribution in [1.82, 2.24) is 5.32 Å². The van der Waals surface area contributed by atoms with Crippen LogP contribution in [0.1, 0.15) is 213 Å². The lowest BCUT2D eigenvalue weighted by Gasteiger charge is -2.41. The highest BCUT2D eigenvalue weighted by Crippen LogP contribution is 2.26. The minimum Gasteiger partial charge on any atom is -0.454 e. The van der Waals surface area contributed by atoms with Crippen molar-refractivity contribution in [2.75, 3.05) is 13.2 Å². The Balaban J connectivity index is 2.70. The Kier molecular flexibility index (Phi) is 52.1. The number of rotatable bonds is 51. The highest BCUT2D eigenvalue weighted by atomic mass is 16.7. The van der Waals surface area contributed by atoms with E-state index in [1.807, 2.05) is 66.8 Å². The van der Waals surface area contributed by atoms with Crippen LogP contribution in [0, 0.1) is 0 Å². The largest absolute Gasteiger partial charge is 0.454 e. The number of aliphatic hydroxyl groups is 5. The van der Waals surface area contributed by atoms with Crippen LogP contribution in [0.5, 0.6) is 0 Å². The molecule has 0 aromatic heterocycles. The lowest BCUT2D eigenvalue weighted by atomic mass is 9.99. The summed E-state index contributed by atoms with van der Waals surface area (Å²) in [5.41, 5.74) is 0. The van der Waals surface area contributed by atoms with Crippen LogP contribution >= 0.6 is 0 Å². The first-order valence-electron chi connectivity index (χ1n) is 31.8. The van der Waals surface area contributed by atoms with Gasteiger partial charge in [-0.3, -0.25) is 9.59 Å². The summed E-state index contributed by atoms with van der Waals surface area (Å²) >= 11 is 0. The maximum Gasteiger partial charge on any atom is 0.306 e. The summed E-state index contributed by atoms with van der Waals surface area (Å²) < 4.78 is 17.6. The van der Waals surface area contributed by atoms with Gasteiger partial charge in [0.05, 0.1) is 25.4 Å². The van der Waals surface area contributed by atoms with Crippen LogP contribution in [0.15, 0.2) is 158 Å². The fourth-order valence-electron chi connectivity index (χ4n) is 8.86. The second-order valence-electron chi connectivity index (χ2n) is 21.2. The number of carbonyl (C=O) groups excluding carboxylic acids is 2. The van der Waals surface area contributed by atoms with Gasteiger partial charge in [-0.15, -0.1) is 0 Å². The zero-order valence-electron chi connectivity index (χ0n) is 51.0. The zero-order chi connectivity index (χ0) is 59.6. The molecule has 462 valence electrons. The predicted octanol–water partition coefficient (Wildman–Crippen LogP) is 15.6. The van der Waals surface area contributed by atoms with Crippen LogP contribution in [0.4, 0.5) is 0 Å². The lowest BCUT2D eigenvalue weighted by molar-refractivity contribution is -0.305. The second kappa shape index (κ2) is 56.7. The van der Waals surface area contributed by atoms with Gasteiger partial charge in [0.15, 0.2) is 12.4 Å². The van der Waals surface area contributed by atoms with E-state index in [4.69, 9.17) is 14.2 Å². The molecule has 8 unspecified atom stereocenters. The van der Waals surface area contributed by atoms with Crippen LogP contribution in [0.25, 0.3) is 0 Å². The molecule has 1 heterocycles. The van der Waals surface area contributed by atoms with E-state index in [9.17, 15) is 35.1 Å². The van der Waals surface area contributed by atoms with Gasteiger partial charge in [0, 0.05) is 6.42 Å². The normalized spacial score (nSPS) is 19.7. The standard InChI is InChI=1S/C71H113NO10/c1-4-7-10-13-16-19-22-25-27-29-30-31-32-33-34-35-37-38-40-43-46-49-52-55-58-64(75)70(79)72-62(63(74)57-54-51-48-45-42-24-21-18-15-12-9-6-3)61-80-71-69(68(78)67(77)65(60-73)81-71)82-66(76)59-56-53-50-47-44-41-39-36-28-26-23-20-17-14-11-8-5-2/h7-8,10-11,14,16-17,19-20,23,25-28,30-31,33-34,36-39,41,44,54,57,62-65,67-69,71,73-75,77-78H,4-6,9,12-13,15,18,21-22,24,29,32,35,40,42-43,45-53,55-56,58-61H2,1-3H3,(H,72,79)/b10-7-,11-8-,17-14+,19-16-,23-20+,27-25-,28-26-,31-30-,34-33-,38-37-,39-36+,44-41+,57-54+. The molecule has 82 heavy (non-hydrogen) atoms. The van der Waals surface area contributed by atoms with Gasteiger partial charge in [-0.1, -0.05) is 269 Å². The Hall–Kier alpha value is -4.72. The molecule has 1 aliphatic rings. The van der Waals surface area contributed by atoms with Crippen molar-refractivity contribution in [3.63, 3.8) is 0 Å². The number of nitrogens with one attached hydrogen (secondary N) is 1. The van der Waals surface area contributed by atoms with E-state index in [1.165, 1.54) is 44.9 Å². The number of hydrogen-bond donors (Lipinski definition) is 6. The lowest BCUT2D eigenvalue weighted by Crippen LogP contribution is -2.61. The van der Waals surface area contributed by atoms with Crippen molar-refractivity contribution in [2.24, 2.45) is 0 Å². The Morgan fingerprint density at radius 3 is 1.46 bits per heavy atom. The van der Waals surface area contributed by atoms with E-state index in [0.29, 0.717) is 12.8 Å². The smallest absolute Gasteiger partial charge is 0.306 e. The maximum absolute atomic E-state index is 13.4. The summed E-state index contributed by atoms with van der Waals surface area (Å²) in [5.74, 6) is -1.27. The first-order valence-corrected chi connectivity index (χ1v) is 31.8. The minimum absolute atomic E-state index is 0.0604. The van der Waals surface area contributed by atoms with Crippen LogP contribution in [-0.2, 0) is 23.8 Å². The van der Waals surface area contributed by atoms with Gasteiger partial charge in [0.2, 0.25) is 5.91 Å². The predicted molar refractivity (Wildman–Crippen MR) is 342 cm³/mol. The minimum atomic E-state index is -1.65. The van der Waals surface area contributed by atoms with Gasteiger partial charge in [-0.05, 0) is 96.3 Å². The Morgan fingerprint density at radius 2 is 0.939 bits per heavy atom. The summed E-state index contributed by atoms with van der Waals surface area (Å²) in [5, 5.41) is 57.0. The van der Waals surface area contributed by atoms with Crippen molar-refractivity contribution in [3.8, 4) is 0 Å². The first kappa shape index (κ1) is 75.3. The number of amides is 1. The third-order valence-corrected chi connectivity index (χ3v) is 13.8. The Labute approximate surface area is 497 Å². The highest BCUT2D eigenvalue weighted by molar-refractivity contribution is 5.80. The number of allylic oxidation sites excluding steroid dienone is 25. The molecular formula is C71H113NO10. The molecule has 11 nitrogen and oxygen atoms in total. The molecule has 11 heteroatoms. The van der Waals surface area contributed by atoms with Crippen molar-refractivity contribution in [2.45, 2.75) is 262 Å². The molecule has 0 saturated carbocycles. The zero-order valence-corrected chi connectivity index (χ0v) is 51.0. The number of esters is 1. The molecule has 0 bridgehead atoms. The molecule has 1 saturated heterocycles. The maximum atomic E-state index is 13.4. The highest BCUT2D eigenvalue weighted by Gasteiger charge is 2.47.